The van der Waals surface area contributed by atoms with Crippen molar-refractivity contribution < 1.29 is 4.74 Å². The zero-order valence-corrected chi connectivity index (χ0v) is 16.1. The molecule has 5 nitrogen and oxygen atoms in total. The molecule has 2 aromatic carbocycles. The van der Waals surface area contributed by atoms with Crippen molar-refractivity contribution in [1.82, 2.24) is 9.97 Å². The molecule has 0 spiro atoms. The second-order valence-electron chi connectivity index (χ2n) is 6.66. The fraction of sp³-hybridized carbons (Fsp3) is 0.273. The van der Waals surface area contributed by atoms with E-state index in [-0.39, 0.29) is 0 Å². The van der Waals surface area contributed by atoms with Gasteiger partial charge in [0.1, 0.15) is 11.6 Å². The number of para-hydroxylation sites is 1. The summed E-state index contributed by atoms with van der Waals surface area (Å²) >= 11 is 0. The van der Waals surface area contributed by atoms with Crippen LogP contribution in [0.15, 0.2) is 60.8 Å². The van der Waals surface area contributed by atoms with Crippen LogP contribution in [0.4, 0.5) is 17.5 Å². The number of anilines is 3. The Kier molecular flexibility index (Phi) is 6.26. The highest BCUT2D eigenvalue weighted by Gasteiger charge is 2.04. The summed E-state index contributed by atoms with van der Waals surface area (Å²) < 4.78 is 5.39. The first-order valence-corrected chi connectivity index (χ1v) is 9.21. The molecule has 0 aliphatic heterocycles. The van der Waals surface area contributed by atoms with Gasteiger partial charge in [0.15, 0.2) is 0 Å². The Labute approximate surface area is 160 Å². The molecule has 2 N–H and O–H groups in total. The van der Waals surface area contributed by atoms with Crippen LogP contribution < -0.4 is 15.4 Å². The number of aromatic nitrogens is 2. The van der Waals surface area contributed by atoms with Crippen LogP contribution in [-0.4, -0.2) is 23.6 Å². The van der Waals surface area contributed by atoms with E-state index in [9.17, 15) is 0 Å². The molecule has 27 heavy (non-hydrogen) atoms. The highest BCUT2D eigenvalue weighted by atomic mass is 16.5. The first-order chi connectivity index (χ1) is 13.2. The van der Waals surface area contributed by atoms with Gasteiger partial charge in [-0.2, -0.15) is 4.98 Å². The molecule has 0 aliphatic rings. The van der Waals surface area contributed by atoms with Crippen molar-refractivity contribution in [3.63, 3.8) is 0 Å². The second-order valence-corrected chi connectivity index (χ2v) is 6.66. The van der Waals surface area contributed by atoms with E-state index in [2.05, 4.69) is 64.8 Å². The van der Waals surface area contributed by atoms with Crippen molar-refractivity contribution >= 4 is 17.5 Å². The fourth-order valence-electron chi connectivity index (χ4n) is 2.83. The molecule has 5 heteroatoms. The minimum atomic E-state index is 0.520. The molecule has 0 atom stereocenters. The average Bonchev–Trinajstić information content (AvgIpc) is 2.69. The number of rotatable bonds is 8. The maximum absolute atomic E-state index is 5.39. The predicted octanol–water partition coefficient (Wildman–Crippen LogP) is 5.01. The maximum Gasteiger partial charge on any atom is 0.229 e. The summed E-state index contributed by atoms with van der Waals surface area (Å²) in [6.07, 6.45) is 2.61. The topological polar surface area (TPSA) is 59.1 Å². The summed E-state index contributed by atoms with van der Waals surface area (Å²) in [5.74, 6) is 2.80. The van der Waals surface area contributed by atoms with E-state index in [1.54, 1.807) is 13.3 Å². The molecule has 1 heterocycles. The highest BCUT2D eigenvalue weighted by Crippen LogP contribution is 2.20. The minimum Gasteiger partial charge on any atom is -0.496 e. The molecule has 140 valence electrons. The molecule has 1 aromatic heterocycles. The zero-order valence-electron chi connectivity index (χ0n) is 16.1. The second kappa shape index (κ2) is 9.03. The molecule has 0 saturated heterocycles. The largest absolute Gasteiger partial charge is 0.496 e. The number of methoxy groups -OCH3 is 1. The molecule has 0 fully saturated rings. The van der Waals surface area contributed by atoms with Crippen LogP contribution in [0.3, 0.4) is 0 Å². The zero-order chi connectivity index (χ0) is 19.1. The van der Waals surface area contributed by atoms with Gasteiger partial charge in [-0.1, -0.05) is 44.2 Å². The fourth-order valence-corrected chi connectivity index (χ4v) is 2.83. The number of ether oxygens (including phenoxy) is 1. The Bertz CT molecular complexity index is 862. The molecule has 0 bridgehead atoms. The normalized spacial score (nSPS) is 10.7. The lowest BCUT2D eigenvalue weighted by atomic mass is 10.0. The lowest BCUT2D eigenvalue weighted by Crippen LogP contribution is -2.08. The Hall–Kier alpha value is -3.08. The SMILES string of the molecule is COc1ccccc1CCNc1ccnc(Nc2ccc(C(C)C)cc2)n1. The Morgan fingerprint density at radius 2 is 1.78 bits per heavy atom. The van der Waals surface area contributed by atoms with E-state index < -0.39 is 0 Å². The van der Waals surface area contributed by atoms with Crippen LogP contribution >= 0.6 is 0 Å². The molecule has 0 unspecified atom stereocenters. The van der Waals surface area contributed by atoms with Crippen molar-refractivity contribution in [1.29, 1.82) is 0 Å². The van der Waals surface area contributed by atoms with Crippen molar-refractivity contribution in [2.75, 3.05) is 24.3 Å². The van der Waals surface area contributed by atoms with E-state index in [0.29, 0.717) is 11.9 Å². The number of nitrogens with zero attached hydrogens (tertiary/aromatic N) is 2. The lowest BCUT2D eigenvalue weighted by molar-refractivity contribution is 0.410. The first-order valence-electron chi connectivity index (χ1n) is 9.21. The van der Waals surface area contributed by atoms with Gasteiger partial charge in [-0.05, 0) is 47.7 Å². The molecule has 0 aliphatic carbocycles. The van der Waals surface area contributed by atoms with E-state index >= 15 is 0 Å². The minimum absolute atomic E-state index is 0.520. The highest BCUT2D eigenvalue weighted by molar-refractivity contribution is 5.55. The third kappa shape index (κ3) is 5.20. The summed E-state index contributed by atoms with van der Waals surface area (Å²) in [6, 6.07) is 18.3. The molecule has 0 amide bonds. The molecular formula is C22H26N4O. The predicted molar refractivity (Wildman–Crippen MR) is 111 cm³/mol. The van der Waals surface area contributed by atoms with Gasteiger partial charge >= 0.3 is 0 Å². The quantitative estimate of drug-likeness (QED) is 0.590. The molecular weight excluding hydrogens is 336 g/mol. The van der Waals surface area contributed by atoms with Crippen molar-refractivity contribution in [3.8, 4) is 5.75 Å². The van der Waals surface area contributed by atoms with Gasteiger partial charge in [-0.25, -0.2) is 4.98 Å². The van der Waals surface area contributed by atoms with Crippen LogP contribution in [0.5, 0.6) is 5.75 Å². The van der Waals surface area contributed by atoms with Crippen molar-refractivity contribution in [3.05, 3.63) is 71.9 Å². The molecule has 0 saturated carbocycles. The summed E-state index contributed by atoms with van der Waals surface area (Å²) in [5.41, 5.74) is 3.46. The van der Waals surface area contributed by atoms with Gasteiger partial charge < -0.3 is 15.4 Å². The average molecular weight is 362 g/mol. The van der Waals surface area contributed by atoms with Crippen LogP contribution in [-0.2, 0) is 6.42 Å². The Morgan fingerprint density at radius 1 is 1.00 bits per heavy atom. The molecule has 0 radical (unpaired) electrons. The van der Waals surface area contributed by atoms with Gasteiger partial charge in [0, 0.05) is 18.4 Å². The smallest absolute Gasteiger partial charge is 0.229 e. The number of benzene rings is 2. The summed E-state index contributed by atoms with van der Waals surface area (Å²) in [7, 11) is 1.70. The van der Waals surface area contributed by atoms with Gasteiger partial charge in [0.05, 0.1) is 7.11 Å². The summed E-state index contributed by atoms with van der Waals surface area (Å²) in [6.45, 7) is 5.14. The van der Waals surface area contributed by atoms with E-state index in [0.717, 1.165) is 30.2 Å². The van der Waals surface area contributed by atoms with Crippen molar-refractivity contribution in [2.45, 2.75) is 26.2 Å². The van der Waals surface area contributed by atoms with Crippen LogP contribution in [0.25, 0.3) is 0 Å². The van der Waals surface area contributed by atoms with Gasteiger partial charge in [0.2, 0.25) is 5.95 Å². The van der Waals surface area contributed by atoms with Crippen LogP contribution in [0.1, 0.15) is 30.9 Å². The summed E-state index contributed by atoms with van der Waals surface area (Å²) in [4.78, 5) is 8.84. The third-order valence-corrected chi connectivity index (χ3v) is 4.38. The van der Waals surface area contributed by atoms with Crippen LogP contribution in [0.2, 0.25) is 0 Å². The van der Waals surface area contributed by atoms with Gasteiger partial charge in [-0.15, -0.1) is 0 Å². The lowest BCUT2D eigenvalue weighted by Gasteiger charge is -2.11. The molecule has 3 aromatic rings. The van der Waals surface area contributed by atoms with Gasteiger partial charge in [-0.3, -0.25) is 0 Å². The van der Waals surface area contributed by atoms with Crippen molar-refractivity contribution in [2.24, 2.45) is 0 Å². The monoisotopic (exact) mass is 362 g/mol. The van der Waals surface area contributed by atoms with E-state index in [1.807, 2.05) is 24.3 Å². The number of nitrogens with one attached hydrogen (secondary N) is 2. The Morgan fingerprint density at radius 3 is 2.52 bits per heavy atom. The van der Waals surface area contributed by atoms with E-state index in [1.165, 1.54) is 11.1 Å². The third-order valence-electron chi connectivity index (χ3n) is 4.38. The summed E-state index contributed by atoms with van der Waals surface area (Å²) in [5, 5.41) is 6.60. The first kappa shape index (κ1) is 18.7. The van der Waals surface area contributed by atoms with E-state index in [4.69, 9.17) is 4.74 Å². The maximum atomic E-state index is 5.39. The van der Waals surface area contributed by atoms with Crippen LogP contribution in [0, 0.1) is 0 Å². The van der Waals surface area contributed by atoms with Gasteiger partial charge in [0.25, 0.3) is 0 Å². The standard InChI is InChI=1S/C22H26N4O/c1-16(2)17-8-10-19(11-9-17)25-22-24-15-13-21(26-22)23-14-12-18-6-4-5-7-20(18)27-3/h4-11,13,15-16H,12,14H2,1-3H3,(H2,23,24,25,26). The number of hydrogen-bond acceptors (Lipinski definition) is 5. The Balaban J connectivity index is 1.58. The number of hydrogen-bond donors (Lipinski definition) is 2. The molecule has 3 rings (SSSR count).